The summed E-state index contributed by atoms with van der Waals surface area (Å²) in [6, 6.07) is 0. The second-order valence-electron chi connectivity index (χ2n) is 4.17. The normalized spacial score (nSPS) is 8.96. The summed E-state index contributed by atoms with van der Waals surface area (Å²) in [4.78, 5) is 18.5. The summed E-state index contributed by atoms with van der Waals surface area (Å²) in [6.45, 7) is 17.3. The molecule has 160 valence electrons. The summed E-state index contributed by atoms with van der Waals surface area (Å²) >= 11 is 0. The van der Waals surface area contributed by atoms with Crippen LogP contribution in [0.3, 0.4) is 0 Å². The summed E-state index contributed by atoms with van der Waals surface area (Å²) in [6.07, 6.45) is 1.82. The highest BCUT2D eigenvalue weighted by molar-refractivity contribution is 5.65. The van der Waals surface area contributed by atoms with Gasteiger partial charge in [-0.3, -0.25) is 4.79 Å². The lowest BCUT2D eigenvalue weighted by Crippen LogP contribution is -2.11. The molecule has 9 heteroatoms. The van der Waals surface area contributed by atoms with Crippen LogP contribution in [0.1, 0.15) is 47.2 Å². The monoisotopic (exact) mass is 391 g/mol. The molecule has 0 aromatic carbocycles. The Morgan fingerprint density at radius 2 is 1.59 bits per heavy atom. The molecule has 0 aliphatic heterocycles. The Labute approximate surface area is 163 Å². The third kappa shape index (κ3) is 22.1. The van der Waals surface area contributed by atoms with E-state index in [1.807, 2.05) is 47.6 Å². The van der Waals surface area contributed by atoms with Crippen LogP contribution in [0.15, 0.2) is 6.20 Å². The lowest BCUT2D eigenvalue weighted by molar-refractivity contribution is -0.142. The third-order valence-corrected chi connectivity index (χ3v) is 2.41. The Hall–Kier alpha value is -1.84. The number of aromatic nitrogens is 3. The Balaban J connectivity index is -0.000000869. The quantitative estimate of drug-likeness (QED) is 0.395. The Morgan fingerprint density at radius 3 is 2.19 bits per heavy atom. The molecule has 0 saturated carbocycles. The van der Waals surface area contributed by atoms with Gasteiger partial charge in [-0.15, -0.1) is 5.10 Å². The largest absolute Gasteiger partial charge is 0.463 e. The molecular formula is C18H37N3O6. The Morgan fingerprint density at radius 1 is 1.00 bits per heavy atom. The van der Waals surface area contributed by atoms with Crippen LogP contribution in [0.2, 0.25) is 0 Å². The second-order valence-corrected chi connectivity index (χ2v) is 4.17. The van der Waals surface area contributed by atoms with Crippen molar-refractivity contribution in [3.8, 4) is 0 Å². The molecular weight excluding hydrogens is 354 g/mol. The van der Waals surface area contributed by atoms with Crippen molar-refractivity contribution in [1.29, 1.82) is 0 Å². The highest BCUT2D eigenvalue weighted by Crippen LogP contribution is 1.96. The fourth-order valence-electron chi connectivity index (χ4n) is 1.46. The van der Waals surface area contributed by atoms with Crippen LogP contribution < -0.4 is 0 Å². The van der Waals surface area contributed by atoms with Gasteiger partial charge in [0.2, 0.25) is 0 Å². The average Bonchev–Trinajstić information content (AvgIpc) is 3.16. The molecule has 27 heavy (non-hydrogen) atoms. The molecule has 0 atom stereocenters. The standard InChI is InChI=1S/C13H23N3O5.2C2H6.CH2O/c1-3-18-6-7-20-11-13-10-16(15-14-13)4-5-19-8-9-21-12(2)17;3*1-2/h10H,3-9,11H2,1-2H3;2*1-2H3;1H2. The molecule has 1 rings (SSSR count). The molecule has 9 nitrogen and oxygen atoms in total. The van der Waals surface area contributed by atoms with Gasteiger partial charge in [-0.05, 0) is 6.92 Å². The van der Waals surface area contributed by atoms with E-state index in [9.17, 15) is 4.79 Å². The first-order chi connectivity index (χ1) is 13.2. The van der Waals surface area contributed by atoms with Gasteiger partial charge in [0.25, 0.3) is 0 Å². The van der Waals surface area contributed by atoms with E-state index in [2.05, 4.69) is 10.3 Å². The molecule has 1 aromatic heterocycles. The molecule has 0 saturated heterocycles. The number of carbonyl (C=O) groups excluding carboxylic acids is 2. The Kier molecular flexibility index (Phi) is 29.2. The topological polar surface area (TPSA) is 102 Å². The summed E-state index contributed by atoms with van der Waals surface area (Å²) in [5, 5.41) is 7.96. The molecule has 1 aromatic rings. The zero-order valence-electron chi connectivity index (χ0n) is 17.7. The third-order valence-electron chi connectivity index (χ3n) is 2.41. The van der Waals surface area contributed by atoms with Gasteiger partial charge in [0, 0.05) is 13.5 Å². The van der Waals surface area contributed by atoms with Crippen molar-refractivity contribution < 1.29 is 28.5 Å². The van der Waals surface area contributed by atoms with Gasteiger partial charge in [0.1, 0.15) is 19.1 Å². The van der Waals surface area contributed by atoms with Crippen molar-refractivity contribution in [3.63, 3.8) is 0 Å². The molecule has 0 amide bonds. The van der Waals surface area contributed by atoms with Gasteiger partial charge in [-0.2, -0.15) is 0 Å². The number of nitrogens with zero attached hydrogens (tertiary/aromatic N) is 3. The number of rotatable bonds is 12. The van der Waals surface area contributed by atoms with Gasteiger partial charge in [0.15, 0.2) is 0 Å². The predicted molar refractivity (Wildman–Crippen MR) is 103 cm³/mol. The van der Waals surface area contributed by atoms with E-state index >= 15 is 0 Å². The Bertz CT molecular complexity index is 416. The van der Waals surface area contributed by atoms with Crippen molar-refractivity contribution >= 4 is 12.8 Å². The zero-order valence-corrected chi connectivity index (χ0v) is 17.7. The van der Waals surface area contributed by atoms with Crippen LogP contribution in [0.25, 0.3) is 0 Å². The van der Waals surface area contributed by atoms with Crippen molar-refractivity contribution in [2.45, 2.75) is 54.7 Å². The summed E-state index contributed by atoms with van der Waals surface area (Å²) < 4.78 is 22.3. The minimum Gasteiger partial charge on any atom is -0.463 e. The summed E-state index contributed by atoms with van der Waals surface area (Å²) in [5.74, 6) is -0.302. The number of hydrogen-bond donors (Lipinski definition) is 0. The number of esters is 1. The van der Waals surface area contributed by atoms with Crippen molar-refractivity contribution in [1.82, 2.24) is 15.0 Å². The van der Waals surface area contributed by atoms with Crippen LogP contribution in [0.5, 0.6) is 0 Å². The average molecular weight is 392 g/mol. The molecule has 0 spiro atoms. The maximum Gasteiger partial charge on any atom is 0.302 e. The van der Waals surface area contributed by atoms with Gasteiger partial charge in [0.05, 0.1) is 45.8 Å². The van der Waals surface area contributed by atoms with Crippen LogP contribution in [0.4, 0.5) is 0 Å². The van der Waals surface area contributed by atoms with Gasteiger partial charge in [-0.1, -0.05) is 32.9 Å². The molecule has 0 unspecified atom stereocenters. The fourth-order valence-corrected chi connectivity index (χ4v) is 1.46. The fraction of sp³-hybridized carbons (Fsp3) is 0.778. The summed E-state index contributed by atoms with van der Waals surface area (Å²) in [5.41, 5.74) is 0.770. The molecule has 0 bridgehead atoms. The summed E-state index contributed by atoms with van der Waals surface area (Å²) in [7, 11) is 0. The molecule has 0 N–H and O–H groups in total. The number of carbonyl (C=O) groups is 2. The van der Waals surface area contributed by atoms with E-state index in [0.29, 0.717) is 46.2 Å². The number of hydrogen-bond acceptors (Lipinski definition) is 8. The van der Waals surface area contributed by atoms with E-state index in [4.69, 9.17) is 23.7 Å². The van der Waals surface area contributed by atoms with E-state index in [1.54, 1.807) is 4.68 Å². The maximum atomic E-state index is 10.5. The molecule has 0 aliphatic rings. The van der Waals surface area contributed by atoms with E-state index in [0.717, 1.165) is 5.69 Å². The first-order valence-corrected chi connectivity index (χ1v) is 9.27. The minimum absolute atomic E-state index is 0.269. The highest BCUT2D eigenvalue weighted by atomic mass is 16.6. The first-order valence-electron chi connectivity index (χ1n) is 9.27. The first kappa shape index (κ1) is 29.9. The van der Waals surface area contributed by atoms with Crippen LogP contribution in [-0.2, 0) is 41.7 Å². The highest BCUT2D eigenvalue weighted by Gasteiger charge is 2.01. The molecule has 1 heterocycles. The van der Waals surface area contributed by atoms with Crippen LogP contribution in [0, 0.1) is 0 Å². The number of ether oxygens (including phenoxy) is 4. The van der Waals surface area contributed by atoms with Gasteiger partial charge in [-0.25, -0.2) is 4.68 Å². The van der Waals surface area contributed by atoms with Crippen molar-refractivity contribution in [3.05, 3.63) is 11.9 Å². The van der Waals surface area contributed by atoms with Crippen molar-refractivity contribution in [2.24, 2.45) is 0 Å². The SMILES string of the molecule is C=O.CC.CC.CCOCCOCc1cn(CCOCCOC(C)=O)nn1. The van der Waals surface area contributed by atoms with Gasteiger partial charge < -0.3 is 23.7 Å². The lowest BCUT2D eigenvalue weighted by atomic mass is 10.5. The minimum atomic E-state index is -0.302. The zero-order chi connectivity index (χ0) is 21.3. The van der Waals surface area contributed by atoms with Crippen LogP contribution >= 0.6 is 0 Å². The molecule has 0 radical (unpaired) electrons. The molecule has 0 aliphatic carbocycles. The van der Waals surface area contributed by atoms with Crippen molar-refractivity contribution in [2.75, 3.05) is 39.6 Å². The van der Waals surface area contributed by atoms with E-state index in [-0.39, 0.29) is 12.6 Å². The second kappa shape index (κ2) is 26.4. The maximum absolute atomic E-state index is 10.5. The smallest absolute Gasteiger partial charge is 0.302 e. The lowest BCUT2D eigenvalue weighted by Gasteiger charge is -2.04. The van der Waals surface area contributed by atoms with E-state index < -0.39 is 0 Å². The van der Waals surface area contributed by atoms with Gasteiger partial charge >= 0.3 is 5.97 Å². The molecule has 0 fully saturated rings. The predicted octanol–water partition coefficient (Wildman–Crippen LogP) is 2.28. The van der Waals surface area contributed by atoms with Crippen LogP contribution in [-0.4, -0.2) is 67.4 Å². The van der Waals surface area contributed by atoms with E-state index in [1.165, 1.54) is 6.92 Å².